The van der Waals surface area contributed by atoms with Crippen molar-refractivity contribution in [2.24, 2.45) is 5.73 Å². The van der Waals surface area contributed by atoms with Gasteiger partial charge in [-0.15, -0.1) is 0 Å². The third-order valence-electron chi connectivity index (χ3n) is 2.36. The fourth-order valence-electron chi connectivity index (χ4n) is 1.29. The topological polar surface area (TPSA) is 43.1 Å². The Morgan fingerprint density at radius 1 is 1.36 bits per heavy atom. The van der Waals surface area contributed by atoms with Gasteiger partial charge in [-0.2, -0.15) is 0 Å². The predicted octanol–water partition coefficient (Wildman–Crippen LogP) is 2.39. The zero-order valence-electron chi connectivity index (χ0n) is 8.57. The quantitative estimate of drug-likeness (QED) is 0.726. The van der Waals surface area contributed by atoms with Crippen LogP contribution in [0.5, 0.6) is 0 Å². The van der Waals surface area contributed by atoms with Crippen molar-refractivity contribution in [1.82, 2.24) is 0 Å². The van der Waals surface area contributed by atoms with E-state index in [9.17, 15) is 4.79 Å². The van der Waals surface area contributed by atoms with Gasteiger partial charge in [0, 0.05) is 18.0 Å². The van der Waals surface area contributed by atoms with Crippen LogP contribution in [0.25, 0.3) is 0 Å². The molecule has 0 saturated heterocycles. The second kappa shape index (κ2) is 5.55. The molecule has 0 aliphatic rings. The van der Waals surface area contributed by atoms with Crippen LogP contribution in [0.2, 0.25) is 0 Å². The molecule has 0 unspecified atom stereocenters. The minimum Gasteiger partial charge on any atom is -0.328 e. The molecule has 1 aromatic carbocycles. The van der Waals surface area contributed by atoms with E-state index in [1.165, 1.54) is 0 Å². The van der Waals surface area contributed by atoms with Crippen LogP contribution < -0.4 is 5.73 Å². The zero-order valence-corrected chi connectivity index (χ0v) is 8.57. The van der Waals surface area contributed by atoms with E-state index in [-0.39, 0.29) is 11.8 Å². The van der Waals surface area contributed by atoms with Crippen molar-refractivity contribution in [1.29, 1.82) is 0 Å². The Hall–Kier alpha value is -1.15. The number of ketones is 1. The Labute approximate surface area is 85.1 Å². The van der Waals surface area contributed by atoms with Crippen molar-refractivity contribution >= 4 is 5.78 Å². The summed E-state index contributed by atoms with van der Waals surface area (Å²) in [6, 6.07) is 9.52. The fraction of sp³-hybridized carbons (Fsp3) is 0.417. The zero-order chi connectivity index (χ0) is 10.4. The minimum absolute atomic E-state index is 0.155. The molecular weight excluding hydrogens is 174 g/mol. The van der Waals surface area contributed by atoms with Gasteiger partial charge in [0.25, 0.3) is 0 Å². The van der Waals surface area contributed by atoms with Gasteiger partial charge >= 0.3 is 0 Å². The van der Waals surface area contributed by atoms with Crippen molar-refractivity contribution < 1.29 is 4.79 Å². The van der Waals surface area contributed by atoms with Crippen LogP contribution in [0.4, 0.5) is 0 Å². The summed E-state index contributed by atoms with van der Waals surface area (Å²) in [5.41, 5.74) is 6.53. The average Bonchev–Trinajstić information content (AvgIpc) is 2.26. The van der Waals surface area contributed by atoms with E-state index in [2.05, 4.69) is 0 Å². The summed E-state index contributed by atoms with van der Waals surface area (Å²) >= 11 is 0. The summed E-state index contributed by atoms with van der Waals surface area (Å²) in [6.45, 7) is 2.04. The number of nitrogens with two attached hydrogens (primary N) is 1. The monoisotopic (exact) mass is 191 g/mol. The van der Waals surface area contributed by atoms with E-state index < -0.39 is 0 Å². The average molecular weight is 191 g/mol. The van der Waals surface area contributed by atoms with Crippen LogP contribution in [-0.2, 0) is 0 Å². The van der Waals surface area contributed by atoms with E-state index in [1.807, 2.05) is 37.3 Å². The van der Waals surface area contributed by atoms with Gasteiger partial charge in [0.2, 0.25) is 0 Å². The second-order valence-corrected chi connectivity index (χ2v) is 3.50. The maximum absolute atomic E-state index is 11.6. The van der Waals surface area contributed by atoms with Gasteiger partial charge in [-0.1, -0.05) is 37.3 Å². The van der Waals surface area contributed by atoms with Crippen molar-refractivity contribution in [3.8, 4) is 0 Å². The molecule has 1 rings (SSSR count). The van der Waals surface area contributed by atoms with E-state index >= 15 is 0 Å². The fourth-order valence-corrected chi connectivity index (χ4v) is 1.29. The molecule has 0 amide bonds. The molecule has 0 saturated carbocycles. The molecule has 0 aliphatic heterocycles. The van der Waals surface area contributed by atoms with Crippen LogP contribution in [0.1, 0.15) is 36.5 Å². The Kier molecular flexibility index (Phi) is 4.33. The molecule has 0 heterocycles. The Morgan fingerprint density at radius 2 is 2.00 bits per heavy atom. The molecule has 0 spiro atoms. The number of benzene rings is 1. The maximum Gasteiger partial charge on any atom is 0.162 e. The summed E-state index contributed by atoms with van der Waals surface area (Å²) in [6.07, 6.45) is 2.27. The summed E-state index contributed by atoms with van der Waals surface area (Å²) in [5.74, 6) is 0.189. The van der Waals surface area contributed by atoms with Crippen LogP contribution >= 0.6 is 0 Å². The van der Waals surface area contributed by atoms with Gasteiger partial charge in [0.05, 0.1) is 0 Å². The first-order chi connectivity index (χ1) is 6.74. The second-order valence-electron chi connectivity index (χ2n) is 3.50. The molecule has 0 aliphatic carbocycles. The molecule has 1 atom stereocenters. The molecule has 2 nitrogen and oxygen atoms in total. The van der Waals surface area contributed by atoms with Crippen LogP contribution in [-0.4, -0.2) is 11.8 Å². The van der Waals surface area contributed by atoms with E-state index in [0.717, 1.165) is 18.4 Å². The molecule has 0 bridgehead atoms. The molecule has 0 aromatic heterocycles. The molecule has 14 heavy (non-hydrogen) atoms. The first-order valence-electron chi connectivity index (χ1n) is 5.08. The van der Waals surface area contributed by atoms with Gasteiger partial charge in [-0.3, -0.25) is 4.79 Å². The van der Waals surface area contributed by atoms with Crippen LogP contribution in [0.15, 0.2) is 30.3 Å². The lowest BCUT2D eigenvalue weighted by atomic mass is 10.0. The summed E-state index contributed by atoms with van der Waals surface area (Å²) in [4.78, 5) is 11.6. The van der Waals surface area contributed by atoms with Crippen molar-refractivity contribution in [3.63, 3.8) is 0 Å². The number of carbonyl (C=O) groups excluding carboxylic acids is 1. The van der Waals surface area contributed by atoms with Gasteiger partial charge in [0.1, 0.15) is 0 Å². The molecule has 1 aromatic rings. The Balaban J connectivity index is 2.44. The molecule has 0 radical (unpaired) electrons. The highest BCUT2D eigenvalue weighted by Crippen LogP contribution is 2.07. The molecule has 2 heteroatoms. The Morgan fingerprint density at radius 3 is 2.57 bits per heavy atom. The highest BCUT2D eigenvalue weighted by molar-refractivity contribution is 5.95. The summed E-state index contributed by atoms with van der Waals surface area (Å²) in [5, 5.41) is 0. The largest absolute Gasteiger partial charge is 0.328 e. The smallest absolute Gasteiger partial charge is 0.162 e. The lowest BCUT2D eigenvalue weighted by molar-refractivity contribution is 0.0977. The molecule has 0 fully saturated rings. The first-order valence-corrected chi connectivity index (χ1v) is 5.08. The first kappa shape index (κ1) is 10.9. The molecular formula is C12H17NO. The van der Waals surface area contributed by atoms with Gasteiger partial charge < -0.3 is 5.73 Å². The predicted molar refractivity (Wildman–Crippen MR) is 58.3 cm³/mol. The lowest BCUT2D eigenvalue weighted by Gasteiger charge is -2.07. The highest BCUT2D eigenvalue weighted by atomic mass is 16.1. The SMILES string of the molecule is CC[C@H](N)CCC(=O)c1ccccc1. The number of hydrogen-bond donors (Lipinski definition) is 1. The van der Waals surface area contributed by atoms with E-state index in [4.69, 9.17) is 5.73 Å². The number of carbonyl (C=O) groups is 1. The van der Waals surface area contributed by atoms with Gasteiger partial charge in [-0.05, 0) is 12.8 Å². The maximum atomic E-state index is 11.6. The normalized spacial score (nSPS) is 12.4. The molecule has 2 N–H and O–H groups in total. The third kappa shape index (κ3) is 3.30. The van der Waals surface area contributed by atoms with Crippen LogP contribution in [0, 0.1) is 0 Å². The third-order valence-corrected chi connectivity index (χ3v) is 2.36. The minimum atomic E-state index is 0.155. The highest BCUT2D eigenvalue weighted by Gasteiger charge is 2.07. The van der Waals surface area contributed by atoms with Gasteiger partial charge in [0.15, 0.2) is 5.78 Å². The Bertz CT molecular complexity index is 282. The lowest BCUT2D eigenvalue weighted by Crippen LogP contribution is -2.19. The summed E-state index contributed by atoms with van der Waals surface area (Å²) < 4.78 is 0. The summed E-state index contributed by atoms with van der Waals surface area (Å²) in [7, 11) is 0. The van der Waals surface area contributed by atoms with Crippen LogP contribution in [0.3, 0.4) is 0 Å². The molecule has 76 valence electrons. The van der Waals surface area contributed by atoms with Crippen molar-refractivity contribution in [3.05, 3.63) is 35.9 Å². The van der Waals surface area contributed by atoms with E-state index in [0.29, 0.717) is 6.42 Å². The number of hydrogen-bond acceptors (Lipinski definition) is 2. The van der Waals surface area contributed by atoms with Gasteiger partial charge in [-0.25, -0.2) is 0 Å². The standard InChI is InChI=1S/C12H17NO/c1-2-11(13)8-9-12(14)10-6-4-3-5-7-10/h3-7,11H,2,8-9,13H2,1H3/t11-/m0/s1. The number of rotatable bonds is 5. The van der Waals surface area contributed by atoms with Crippen molar-refractivity contribution in [2.75, 3.05) is 0 Å². The van der Waals surface area contributed by atoms with Crippen molar-refractivity contribution in [2.45, 2.75) is 32.2 Å². The number of Topliss-reactive ketones (excluding diaryl/α,β-unsaturated/α-hetero) is 1. The van der Waals surface area contributed by atoms with E-state index in [1.54, 1.807) is 0 Å².